The van der Waals surface area contributed by atoms with E-state index in [1.807, 2.05) is 0 Å². The molecule has 0 unspecified atom stereocenters. The standard InChI is InChI=1S/C18H26O5/c1-11-4-7-17(9-21-12(2)19)14(8-11)23-15-13(20)5-6-16(17,3)18(15)10-22-18/h8,13-15,20H,4-7,9-10H2,1-3H3/t13-,14-,15-,16-,17-,18-/m1/s1. The van der Waals surface area contributed by atoms with E-state index in [4.69, 9.17) is 14.2 Å². The SMILES string of the molecule is CC(=O)OC[C@]12CCC(C)=C[C@H]1O[C@@H]1[C@H](O)CC[C@@]2(C)[C@@]12CO2. The molecular formula is C18H26O5. The van der Waals surface area contributed by atoms with Crippen molar-refractivity contribution in [3.63, 3.8) is 0 Å². The third kappa shape index (κ3) is 1.87. The molecule has 1 saturated carbocycles. The second-order valence-electron chi connectivity index (χ2n) is 8.04. The molecule has 5 nitrogen and oxygen atoms in total. The van der Waals surface area contributed by atoms with E-state index in [9.17, 15) is 9.90 Å². The highest BCUT2D eigenvalue weighted by atomic mass is 16.6. The first kappa shape index (κ1) is 15.6. The van der Waals surface area contributed by atoms with Crippen molar-refractivity contribution in [3.8, 4) is 0 Å². The van der Waals surface area contributed by atoms with Gasteiger partial charge in [-0.3, -0.25) is 4.79 Å². The van der Waals surface area contributed by atoms with Crippen LogP contribution in [0.1, 0.15) is 46.5 Å². The Labute approximate surface area is 137 Å². The number of epoxide rings is 1. The van der Waals surface area contributed by atoms with Crippen molar-refractivity contribution in [1.82, 2.24) is 0 Å². The van der Waals surface area contributed by atoms with Gasteiger partial charge in [0.2, 0.25) is 0 Å². The van der Waals surface area contributed by atoms with Crippen LogP contribution in [0.4, 0.5) is 0 Å². The molecule has 0 radical (unpaired) electrons. The van der Waals surface area contributed by atoms with Gasteiger partial charge in [-0.15, -0.1) is 0 Å². The van der Waals surface area contributed by atoms with Crippen molar-refractivity contribution in [1.29, 1.82) is 0 Å². The zero-order chi connectivity index (χ0) is 16.5. The molecule has 2 aliphatic heterocycles. The number of aliphatic hydroxyl groups excluding tert-OH is 1. The van der Waals surface area contributed by atoms with Gasteiger partial charge in [0.15, 0.2) is 0 Å². The Balaban J connectivity index is 1.80. The fraction of sp³-hybridized carbons (Fsp3) is 0.833. The molecule has 1 N–H and O–H groups in total. The number of esters is 1. The number of allylic oxidation sites excluding steroid dienone is 1. The van der Waals surface area contributed by atoms with Gasteiger partial charge in [-0.2, -0.15) is 0 Å². The number of fused-ring (bicyclic) bond motifs is 2. The average molecular weight is 322 g/mol. The van der Waals surface area contributed by atoms with Crippen LogP contribution in [0.2, 0.25) is 0 Å². The molecule has 6 atom stereocenters. The molecular weight excluding hydrogens is 296 g/mol. The highest BCUT2D eigenvalue weighted by molar-refractivity contribution is 5.66. The summed E-state index contributed by atoms with van der Waals surface area (Å²) in [6.07, 6.45) is 4.79. The maximum atomic E-state index is 11.5. The molecule has 2 aliphatic carbocycles. The monoisotopic (exact) mass is 322 g/mol. The minimum absolute atomic E-state index is 0.129. The molecule has 0 aromatic carbocycles. The lowest BCUT2D eigenvalue weighted by Crippen LogP contribution is -2.72. The van der Waals surface area contributed by atoms with Crippen molar-refractivity contribution >= 4 is 5.97 Å². The van der Waals surface area contributed by atoms with E-state index in [-0.39, 0.29) is 29.0 Å². The summed E-state index contributed by atoms with van der Waals surface area (Å²) in [4.78, 5) is 11.5. The highest BCUT2D eigenvalue weighted by Gasteiger charge is 2.78. The van der Waals surface area contributed by atoms with Gasteiger partial charge in [-0.05, 0) is 32.6 Å². The van der Waals surface area contributed by atoms with Crippen molar-refractivity contribution < 1.29 is 24.1 Å². The molecule has 0 aromatic rings. The summed E-state index contributed by atoms with van der Waals surface area (Å²) in [5, 5.41) is 10.5. The van der Waals surface area contributed by atoms with E-state index in [0.717, 1.165) is 19.3 Å². The van der Waals surface area contributed by atoms with E-state index in [1.165, 1.54) is 12.5 Å². The van der Waals surface area contributed by atoms with E-state index in [1.54, 1.807) is 0 Å². The van der Waals surface area contributed by atoms with Gasteiger partial charge in [0.25, 0.3) is 0 Å². The quantitative estimate of drug-likeness (QED) is 0.478. The van der Waals surface area contributed by atoms with Gasteiger partial charge >= 0.3 is 5.97 Å². The van der Waals surface area contributed by atoms with Crippen LogP contribution < -0.4 is 0 Å². The average Bonchev–Trinajstić information content (AvgIpc) is 3.28. The summed E-state index contributed by atoms with van der Waals surface area (Å²) in [5.41, 5.74) is 0.461. The number of aliphatic hydroxyl groups is 1. The van der Waals surface area contributed by atoms with Crippen LogP contribution in [0.5, 0.6) is 0 Å². The summed E-state index contributed by atoms with van der Waals surface area (Å²) in [5.74, 6) is -0.253. The molecule has 2 heterocycles. The van der Waals surface area contributed by atoms with Gasteiger partial charge < -0.3 is 19.3 Å². The maximum Gasteiger partial charge on any atom is 0.302 e. The number of rotatable bonds is 2. The Kier molecular flexibility index (Phi) is 3.26. The zero-order valence-electron chi connectivity index (χ0n) is 14.1. The van der Waals surface area contributed by atoms with Gasteiger partial charge in [-0.1, -0.05) is 18.6 Å². The molecule has 3 fully saturated rings. The molecule has 1 spiro atoms. The Morgan fingerprint density at radius 3 is 2.87 bits per heavy atom. The van der Waals surface area contributed by atoms with Crippen molar-refractivity contribution in [2.24, 2.45) is 10.8 Å². The first-order valence-electron chi connectivity index (χ1n) is 8.63. The van der Waals surface area contributed by atoms with Crippen LogP contribution in [0.25, 0.3) is 0 Å². The maximum absolute atomic E-state index is 11.5. The Morgan fingerprint density at radius 1 is 1.48 bits per heavy atom. The van der Waals surface area contributed by atoms with Gasteiger partial charge in [-0.25, -0.2) is 0 Å². The minimum Gasteiger partial charge on any atom is -0.465 e. The second-order valence-corrected chi connectivity index (χ2v) is 8.04. The molecule has 0 amide bonds. The summed E-state index contributed by atoms with van der Waals surface area (Å²) >= 11 is 0. The first-order chi connectivity index (χ1) is 10.8. The van der Waals surface area contributed by atoms with E-state index in [2.05, 4.69) is 19.9 Å². The topological polar surface area (TPSA) is 68.3 Å². The Hall–Kier alpha value is -0.910. The summed E-state index contributed by atoms with van der Waals surface area (Å²) in [6, 6.07) is 0. The van der Waals surface area contributed by atoms with Crippen molar-refractivity contribution in [2.75, 3.05) is 13.2 Å². The predicted molar refractivity (Wildman–Crippen MR) is 82.7 cm³/mol. The van der Waals surface area contributed by atoms with E-state index < -0.39 is 11.7 Å². The number of hydrogen-bond acceptors (Lipinski definition) is 5. The van der Waals surface area contributed by atoms with Crippen LogP contribution in [-0.4, -0.2) is 48.2 Å². The molecule has 4 aliphatic rings. The molecule has 5 heteroatoms. The van der Waals surface area contributed by atoms with Gasteiger partial charge in [0.1, 0.15) is 18.3 Å². The number of ether oxygens (including phenoxy) is 3. The minimum atomic E-state index is -0.479. The number of carbonyl (C=O) groups is 1. The molecule has 23 heavy (non-hydrogen) atoms. The number of hydrogen-bond donors (Lipinski definition) is 1. The third-order valence-electron chi connectivity index (χ3n) is 7.01. The van der Waals surface area contributed by atoms with Crippen LogP contribution in [-0.2, 0) is 19.0 Å². The largest absolute Gasteiger partial charge is 0.465 e. The number of carbonyl (C=O) groups excluding carboxylic acids is 1. The summed E-state index contributed by atoms with van der Waals surface area (Å²) in [6.45, 7) is 6.82. The van der Waals surface area contributed by atoms with Crippen LogP contribution in [0.15, 0.2) is 11.6 Å². The van der Waals surface area contributed by atoms with Crippen molar-refractivity contribution in [2.45, 2.75) is 70.4 Å². The van der Waals surface area contributed by atoms with E-state index in [0.29, 0.717) is 19.6 Å². The lowest BCUT2D eigenvalue weighted by Gasteiger charge is -2.64. The summed E-state index contributed by atoms with van der Waals surface area (Å²) in [7, 11) is 0. The molecule has 128 valence electrons. The van der Waals surface area contributed by atoms with E-state index >= 15 is 0 Å². The molecule has 2 bridgehead atoms. The fourth-order valence-electron chi connectivity index (χ4n) is 5.38. The van der Waals surface area contributed by atoms with Crippen LogP contribution in [0, 0.1) is 10.8 Å². The molecule has 4 rings (SSSR count). The van der Waals surface area contributed by atoms with Crippen molar-refractivity contribution in [3.05, 3.63) is 11.6 Å². The Bertz CT molecular complexity index is 566. The van der Waals surface area contributed by atoms with Gasteiger partial charge in [0.05, 0.1) is 18.8 Å². The lowest BCUT2D eigenvalue weighted by molar-refractivity contribution is -0.284. The Morgan fingerprint density at radius 2 is 2.22 bits per heavy atom. The zero-order valence-corrected chi connectivity index (χ0v) is 14.1. The second kappa shape index (κ2) is 4.80. The van der Waals surface area contributed by atoms with Crippen LogP contribution in [0.3, 0.4) is 0 Å². The molecule has 0 aromatic heterocycles. The van der Waals surface area contributed by atoms with Crippen LogP contribution >= 0.6 is 0 Å². The lowest BCUT2D eigenvalue weighted by atomic mass is 9.46. The van der Waals surface area contributed by atoms with Gasteiger partial charge in [0, 0.05) is 17.8 Å². The highest BCUT2D eigenvalue weighted by Crippen LogP contribution is 2.69. The predicted octanol–water partition coefficient (Wildman–Crippen LogP) is 1.97. The third-order valence-corrected chi connectivity index (χ3v) is 7.01. The first-order valence-corrected chi connectivity index (χ1v) is 8.63. The summed E-state index contributed by atoms with van der Waals surface area (Å²) < 4.78 is 17.8. The fourth-order valence-corrected chi connectivity index (χ4v) is 5.38. The molecule has 2 saturated heterocycles. The normalized spacial score (nSPS) is 51.0. The smallest absolute Gasteiger partial charge is 0.302 e.